The van der Waals surface area contributed by atoms with Gasteiger partial charge >= 0.3 is 0 Å². The second kappa shape index (κ2) is 11.3. The molecule has 142 valence electrons. The van der Waals surface area contributed by atoms with E-state index in [9.17, 15) is 15.0 Å². The molecule has 0 aromatic heterocycles. The van der Waals surface area contributed by atoms with Crippen molar-refractivity contribution in [1.82, 2.24) is 0 Å². The Bertz CT molecular complexity index is 689. The first-order valence-electron chi connectivity index (χ1n) is 9.29. The molecule has 0 aliphatic rings. The molecule has 0 heterocycles. The van der Waals surface area contributed by atoms with Crippen LogP contribution in [-0.4, -0.2) is 16.0 Å². The number of rotatable bonds is 10. The third-order valence-electron chi connectivity index (χ3n) is 4.27. The molecule has 0 unspecified atom stereocenters. The van der Waals surface area contributed by atoms with Gasteiger partial charge in [0.1, 0.15) is 11.5 Å². The summed E-state index contributed by atoms with van der Waals surface area (Å²) in [6.45, 7) is 8.53. The molecule has 3 nitrogen and oxygen atoms in total. The fourth-order valence-electron chi connectivity index (χ4n) is 2.68. The Morgan fingerprint density at radius 2 is 1.38 bits per heavy atom. The zero-order valence-electron chi connectivity index (χ0n) is 16.5. The number of benzene rings is 1. The molecule has 3 heteroatoms. The van der Waals surface area contributed by atoms with Gasteiger partial charge in [-0.15, -0.1) is 0 Å². The van der Waals surface area contributed by atoms with Gasteiger partial charge in [-0.05, 0) is 71.9 Å². The largest absolute Gasteiger partial charge is 0.508 e. The normalized spacial score (nSPS) is 12.2. The molecule has 0 atom stereocenters. The van der Waals surface area contributed by atoms with Gasteiger partial charge in [-0.2, -0.15) is 0 Å². The number of phenols is 2. The molecule has 0 aliphatic carbocycles. The Morgan fingerprint density at radius 3 is 1.92 bits per heavy atom. The van der Waals surface area contributed by atoms with Crippen LogP contribution in [0.15, 0.2) is 53.1 Å². The minimum Gasteiger partial charge on any atom is -0.508 e. The predicted octanol–water partition coefficient (Wildman–Crippen LogP) is 6.48. The number of carbonyl (C=O) groups excluding carboxylic acids is 1. The Kier molecular flexibility index (Phi) is 9.50. The lowest BCUT2D eigenvalue weighted by Crippen LogP contribution is -1.98. The van der Waals surface area contributed by atoms with Crippen LogP contribution in [0.4, 0.5) is 0 Å². The molecule has 0 fully saturated rings. The molecule has 1 aromatic carbocycles. The van der Waals surface area contributed by atoms with Gasteiger partial charge in [0.2, 0.25) is 0 Å². The van der Waals surface area contributed by atoms with Crippen molar-refractivity contribution >= 4 is 5.78 Å². The van der Waals surface area contributed by atoms with Gasteiger partial charge in [-0.1, -0.05) is 34.9 Å². The molecule has 0 bridgehead atoms. The summed E-state index contributed by atoms with van der Waals surface area (Å²) in [5, 5.41) is 19.0. The van der Waals surface area contributed by atoms with Gasteiger partial charge in [0.15, 0.2) is 5.78 Å². The van der Waals surface area contributed by atoms with Crippen LogP contribution in [0.3, 0.4) is 0 Å². The molecule has 1 rings (SSSR count). The fraction of sp³-hybridized carbons (Fsp3) is 0.435. The SMILES string of the molecule is CC(C)=CCC/C(C)=C/CC/C(C)=C/CCC(=O)c1ccc(O)cc1O. The van der Waals surface area contributed by atoms with Crippen molar-refractivity contribution in [3.8, 4) is 11.5 Å². The number of aromatic hydroxyl groups is 2. The highest BCUT2D eigenvalue weighted by Crippen LogP contribution is 2.24. The first kappa shape index (κ1) is 21.8. The monoisotopic (exact) mass is 356 g/mol. The summed E-state index contributed by atoms with van der Waals surface area (Å²) >= 11 is 0. The van der Waals surface area contributed by atoms with Crippen LogP contribution in [0.25, 0.3) is 0 Å². The van der Waals surface area contributed by atoms with E-state index in [4.69, 9.17) is 0 Å². The average Bonchev–Trinajstić information content (AvgIpc) is 2.54. The summed E-state index contributed by atoms with van der Waals surface area (Å²) in [6, 6.07) is 4.08. The van der Waals surface area contributed by atoms with Crippen molar-refractivity contribution in [2.24, 2.45) is 0 Å². The van der Waals surface area contributed by atoms with Crippen molar-refractivity contribution in [2.45, 2.75) is 66.2 Å². The molecule has 2 N–H and O–H groups in total. The van der Waals surface area contributed by atoms with E-state index in [1.165, 1.54) is 34.9 Å². The molecule has 0 radical (unpaired) electrons. The third kappa shape index (κ3) is 8.70. The quantitative estimate of drug-likeness (QED) is 0.372. The van der Waals surface area contributed by atoms with Crippen molar-refractivity contribution < 1.29 is 15.0 Å². The van der Waals surface area contributed by atoms with Crippen LogP contribution in [0.5, 0.6) is 11.5 Å². The Hall–Kier alpha value is -2.29. The Balaban J connectivity index is 2.37. The summed E-state index contributed by atoms with van der Waals surface area (Å²) in [6.07, 6.45) is 11.9. The van der Waals surface area contributed by atoms with E-state index >= 15 is 0 Å². The predicted molar refractivity (Wildman–Crippen MR) is 109 cm³/mol. The van der Waals surface area contributed by atoms with Crippen LogP contribution < -0.4 is 0 Å². The molecule has 0 spiro atoms. The van der Waals surface area contributed by atoms with E-state index in [0.717, 1.165) is 25.7 Å². The first-order valence-corrected chi connectivity index (χ1v) is 9.29. The number of hydrogen-bond donors (Lipinski definition) is 2. The van der Waals surface area contributed by atoms with Gasteiger partial charge in [0.25, 0.3) is 0 Å². The number of Topliss-reactive ketones (excluding diaryl/α,β-unsaturated/α-hetero) is 1. The molecular weight excluding hydrogens is 324 g/mol. The standard InChI is InChI=1S/C23H32O3/c1-17(2)8-5-9-18(3)10-6-11-19(4)12-7-13-22(25)21-15-14-20(24)16-23(21)26/h8,10,12,14-16,24,26H,5-7,9,11,13H2,1-4H3/b18-10+,19-12+. The molecule has 1 aromatic rings. The van der Waals surface area contributed by atoms with Gasteiger partial charge in [0.05, 0.1) is 5.56 Å². The minimum absolute atomic E-state index is 0.0426. The van der Waals surface area contributed by atoms with Crippen LogP contribution in [-0.2, 0) is 0 Å². The zero-order chi connectivity index (χ0) is 19.5. The van der Waals surface area contributed by atoms with Crippen LogP contribution in [0.1, 0.15) is 76.6 Å². The van der Waals surface area contributed by atoms with E-state index in [-0.39, 0.29) is 22.8 Å². The van der Waals surface area contributed by atoms with E-state index < -0.39 is 0 Å². The lowest BCUT2D eigenvalue weighted by Gasteiger charge is -2.04. The van der Waals surface area contributed by atoms with E-state index in [1.807, 2.05) is 0 Å². The van der Waals surface area contributed by atoms with E-state index in [2.05, 4.69) is 45.9 Å². The van der Waals surface area contributed by atoms with Crippen LogP contribution in [0, 0.1) is 0 Å². The minimum atomic E-state index is -0.163. The van der Waals surface area contributed by atoms with Crippen molar-refractivity contribution in [1.29, 1.82) is 0 Å². The summed E-state index contributed by atoms with van der Waals surface area (Å²) in [7, 11) is 0. The van der Waals surface area contributed by atoms with Crippen LogP contribution >= 0.6 is 0 Å². The number of allylic oxidation sites excluding steroid dienone is 6. The molecule has 0 saturated carbocycles. The highest BCUT2D eigenvalue weighted by Gasteiger charge is 2.10. The maximum absolute atomic E-state index is 12.1. The lowest BCUT2D eigenvalue weighted by molar-refractivity contribution is 0.0981. The Labute approximate surface area is 157 Å². The second-order valence-corrected chi connectivity index (χ2v) is 7.12. The maximum atomic E-state index is 12.1. The van der Waals surface area contributed by atoms with E-state index in [1.54, 1.807) is 0 Å². The molecule has 0 aliphatic heterocycles. The molecule has 0 saturated heterocycles. The number of ketones is 1. The maximum Gasteiger partial charge on any atom is 0.166 e. The fourth-order valence-corrected chi connectivity index (χ4v) is 2.68. The summed E-state index contributed by atoms with van der Waals surface area (Å²) < 4.78 is 0. The highest BCUT2D eigenvalue weighted by molar-refractivity contribution is 5.98. The molecule has 26 heavy (non-hydrogen) atoms. The smallest absolute Gasteiger partial charge is 0.166 e. The van der Waals surface area contributed by atoms with Crippen molar-refractivity contribution in [2.75, 3.05) is 0 Å². The highest BCUT2D eigenvalue weighted by atomic mass is 16.3. The molecule has 0 amide bonds. The zero-order valence-corrected chi connectivity index (χ0v) is 16.5. The second-order valence-electron chi connectivity index (χ2n) is 7.12. The first-order chi connectivity index (χ1) is 12.3. The topological polar surface area (TPSA) is 57.5 Å². The Morgan fingerprint density at radius 1 is 0.846 bits per heavy atom. The lowest BCUT2D eigenvalue weighted by atomic mass is 10.0. The average molecular weight is 357 g/mol. The summed E-state index contributed by atoms with van der Waals surface area (Å²) in [5.74, 6) is -0.315. The third-order valence-corrected chi connectivity index (χ3v) is 4.27. The number of hydrogen-bond acceptors (Lipinski definition) is 3. The summed E-state index contributed by atoms with van der Waals surface area (Å²) in [5.41, 5.74) is 4.34. The van der Waals surface area contributed by atoms with Gasteiger partial charge < -0.3 is 10.2 Å². The van der Waals surface area contributed by atoms with Gasteiger partial charge in [-0.25, -0.2) is 0 Å². The van der Waals surface area contributed by atoms with Gasteiger partial charge in [-0.3, -0.25) is 4.79 Å². The summed E-state index contributed by atoms with van der Waals surface area (Å²) in [4.78, 5) is 12.1. The van der Waals surface area contributed by atoms with E-state index in [0.29, 0.717) is 12.8 Å². The van der Waals surface area contributed by atoms with Crippen LogP contribution in [0.2, 0.25) is 0 Å². The number of phenolic OH excluding ortho intramolecular Hbond substituents is 2. The number of carbonyl (C=O) groups is 1. The molecular formula is C23H32O3. The van der Waals surface area contributed by atoms with Gasteiger partial charge in [0, 0.05) is 12.5 Å². The van der Waals surface area contributed by atoms with Crippen molar-refractivity contribution in [3.05, 3.63) is 58.7 Å². The van der Waals surface area contributed by atoms with Crippen molar-refractivity contribution in [3.63, 3.8) is 0 Å².